The summed E-state index contributed by atoms with van der Waals surface area (Å²) in [6.45, 7) is 2.73. The van der Waals surface area contributed by atoms with Crippen LogP contribution in [0.3, 0.4) is 0 Å². The van der Waals surface area contributed by atoms with Crippen LogP contribution in [0.4, 0.5) is 4.79 Å². The van der Waals surface area contributed by atoms with Crippen LogP contribution < -0.4 is 5.32 Å². The molecule has 0 aromatic heterocycles. The highest BCUT2D eigenvalue weighted by molar-refractivity contribution is 6.21. The Kier molecular flexibility index (Phi) is 6.33. The standard InChI is InChI=1S/C16H22ClNO3/c1-2-20-16(19)18-15-10-13(8-9-14(15)17)21-11-12-6-4-3-5-7-12/h3-7,13-15H,2,8-11H2,1H3,(H,18,19)/t13-,14-,15-/m0/s1. The first kappa shape index (κ1) is 16.1. The fourth-order valence-corrected chi connectivity index (χ4v) is 2.80. The maximum Gasteiger partial charge on any atom is 0.407 e. The van der Waals surface area contributed by atoms with Crippen LogP contribution in [0.5, 0.6) is 0 Å². The second-order valence-electron chi connectivity index (χ2n) is 5.22. The van der Waals surface area contributed by atoms with Crippen molar-refractivity contribution in [2.75, 3.05) is 6.61 Å². The highest BCUT2D eigenvalue weighted by Crippen LogP contribution is 2.26. The monoisotopic (exact) mass is 311 g/mol. The third-order valence-electron chi connectivity index (χ3n) is 3.63. The third kappa shape index (κ3) is 5.21. The van der Waals surface area contributed by atoms with E-state index in [1.165, 1.54) is 0 Å². The molecule has 0 radical (unpaired) electrons. The molecule has 2 rings (SSSR count). The maximum atomic E-state index is 11.5. The molecule has 0 unspecified atom stereocenters. The Labute approximate surface area is 130 Å². The molecule has 0 aliphatic heterocycles. The zero-order valence-electron chi connectivity index (χ0n) is 12.3. The van der Waals surface area contributed by atoms with E-state index in [4.69, 9.17) is 21.1 Å². The van der Waals surface area contributed by atoms with Crippen molar-refractivity contribution in [1.82, 2.24) is 5.32 Å². The predicted octanol–water partition coefficient (Wildman–Crippen LogP) is 3.48. The van der Waals surface area contributed by atoms with E-state index in [0.717, 1.165) is 24.8 Å². The highest BCUT2D eigenvalue weighted by atomic mass is 35.5. The molecule has 1 aromatic rings. The molecule has 4 nitrogen and oxygen atoms in total. The van der Waals surface area contributed by atoms with E-state index in [2.05, 4.69) is 5.32 Å². The summed E-state index contributed by atoms with van der Waals surface area (Å²) in [6, 6.07) is 9.98. The van der Waals surface area contributed by atoms with Gasteiger partial charge in [0, 0.05) is 0 Å². The predicted molar refractivity (Wildman–Crippen MR) is 82.5 cm³/mol. The highest BCUT2D eigenvalue weighted by Gasteiger charge is 2.31. The molecule has 0 saturated heterocycles. The number of alkyl halides is 1. The van der Waals surface area contributed by atoms with Crippen molar-refractivity contribution in [3.05, 3.63) is 35.9 Å². The lowest BCUT2D eigenvalue weighted by atomic mass is 9.92. The number of benzene rings is 1. The van der Waals surface area contributed by atoms with Crippen LogP contribution in [0.1, 0.15) is 31.7 Å². The molecule has 1 aliphatic rings. The molecule has 0 heterocycles. The lowest BCUT2D eigenvalue weighted by Crippen LogP contribution is -2.46. The largest absolute Gasteiger partial charge is 0.450 e. The van der Waals surface area contributed by atoms with Crippen LogP contribution in [0.15, 0.2) is 30.3 Å². The van der Waals surface area contributed by atoms with Gasteiger partial charge in [-0.05, 0) is 31.7 Å². The summed E-state index contributed by atoms with van der Waals surface area (Å²) in [6.07, 6.45) is 2.18. The van der Waals surface area contributed by atoms with Crippen molar-refractivity contribution in [2.45, 2.75) is 50.3 Å². The van der Waals surface area contributed by atoms with Gasteiger partial charge in [0.25, 0.3) is 0 Å². The second-order valence-corrected chi connectivity index (χ2v) is 5.78. The number of amides is 1. The molecule has 1 amide bonds. The van der Waals surface area contributed by atoms with E-state index in [1.54, 1.807) is 6.92 Å². The topological polar surface area (TPSA) is 47.6 Å². The number of alkyl carbamates (subject to hydrolysis) is 1. The molecule has 1 aliphatic carbocycles. The number of rotatable bonds is 5. The zero-order chi connectivity index (χ0) is 15.1. The average Bonchev–Trinajstić information content (AvgIpc) is 2.49. The molecule has 1 saturated carbocycles. The van der Waals surface area contributed by atoms with E-state index < -0.39 is 6.09 Å². The van der Waals surface area contributed by atoms with Crippen molar-refractivity contribution < 1.29 is 14.3 Å². The van der Waals surface area contributed by atoms with Crippen molar-refractivity contribution in [3.63, 3.8) is 0 Å². The minimum atomic E-state index is -0.406. The van der Waals surface area contributed by atoms with E-state index in [1.807, 2.05) is 30.3 Å². The summed E-state index contributed by atoms with van der Waals surface area (Å²) in [4.78, 5) is 11.5. The van der Waals surface area contributed by atoms with Gasteiger partial charge < -0.3 is 14.8 Å². The minimum absolute atomic E-state index is 0.0639. The van der Waals surface area contributed by atoms with Gasteiger partial charge in [0.2, 0.25) is 0 Å². The van der Waals surface area contributed by atoms with Gasteiger partial charge in [0.05, 0.1) is 30.7 Å². The number of carbonyl (C=O) groups is 1. The van der Waals surface area contributed by atoms with Gasteiger partial charge in [-0.15, -0.1) is 11.6 Å². The maximum absolute atomic E-state index is 11.5. The quantitative estimate of drug-likeness (QED) is 0.847. The number of halogens is 1. The summed E-state index contributed by atoms with van der Waals surface area (Å²) in [5.74, 6) is 0. The molecule has 0 spiro atoms. The summed E-state index contributed by atoms with van der Waals surface area (Å²) in [7, 11) is 0. The van der Waals surface area contributed by atoms with Crippen LogP contribution in [0, 0.1) is 0 Å². The molecule has 1 aromatic carbocycles. The zero-order valence-corrected chi connectivity index (χ0v) is 13.0. The molecular weight excluding hydrogens is 290 g/mol. The summed E-state index contributed by atoms with van der Waals surface area (Å²) < 4.78 is 10.8. The van der Waals surface area contributed by atoms with Crippen LogP contribution in [-0.4, -0.2) is 30.2 Å². The number of carbonyl (C=O) groups excluding carboxylic acids is 1. The van der Waals surface area contributed by atoms with E-state index in [9.17, 15) is 4.79 Å². The smallest absolute Gasteiger partial charge is 0.407 e. The second kappa shape index (κ2) is 8.25. The Hall–Kier alpha value is -1.26. The van der Waals surface area contributed by atoms with Crippen LogP contribution in [0.2, 0.25) is 0 Å². The van der Waals surface area contributed by atoms with E-state index in [-0.39, 0.29) is 17.5 Å². The van der Waals surface area contributed by atoms with Gasteiger partial charge in [-0.1, -0.05) is 30.3 Å². The first-order chi connectivity index (χ1) is 10.2. The first-order valence-corrected chi connectivity index (χ1v) is 7.85. The van der Waals surface area contributed by atoms with Gasteiger partial charge >= 0.3 is 6.09 Å². The van der Waals surface area contributed by atoms with E-state index in [0.29, 0.717) is 13.2 Å². The van der Waals surface area contributed by atoms with Crippen molar-refractivity contribution in [1.29, 1.82) is 0 Å². The average molecular weight is 312 g/mol. The first-order valence-electron chi connectivity index (χ1n) is 7.42. The summed E-state index contributed by atoms with van der Waals surface area (Å²) in [5.41, 5.74) is 1.15. The van der Waals surface area contributed by atoms with Crippen molar-refractivity contribution >= 4 is 17.7 Å². The number of ether oxygens (including phenoxy) is 2. The lowest BCUT2D eigenvalue weighted by Gasteiger charge is -2.33. The minimum Gasteiger partial charge on any atom is -0.450 e. The Morgan fingerprint density at radius 1 is 1.33 bits per heavy atom. The van der Waals surface area contributed by atoms with Gasteiger partial charge in [0.1, 0.15) is 0 Å². The molecule has 3 atom stereocenters. The summed E-state index contributed by atoms with van der Waals surface area (Å²) in [5, 5.41) is 2.76. The van der Waals surface area contributed by atoms with Crippen molar-refractivity contribution in [2.24, 2.45) is 0 Å². The Balaban J connectivity index is 1.81. The Morgan fingerprint density at radius 3 is 2.81 bits per heavy atom. The van der Waals surface area contributed by atoms with Crippen LogP contribution in [-0.2, 0) is 16.1 Å². The van der Waals surface area contributed by atoms with Crippen LogP contribution in [0.25, 0.3) is 0 Å². The lowest BCUT2D eigenvalue weighted by molar-refractivity contribution is 0.00927. The van der Waals surface area contributed by atoms with Gasteiger partial charge in [-0.3, -0.25) is 0 Å². The molecule has 21 heavy (non-hydrogen) atoms. The molecular formula is C16H22ClNO3. The van der Waals surface area contributed by atoms with E-state index >= 15 is 0 Å². The third-order valence-corrected chi connectivity index (χ3v) is 4.15. The normalized spacial score (nSPS) is 25.3. The molecule has 1 fully saturated rings. The molecule has 5 heteroatoms. The number of nitrogens with one attached hydrogen (secondary N) is 1. The SMILES string of the molecule is CCOC(=O)N[C@H]1C[C@@H](OCc2ccccc2)CC[C@@H]1Cl. The van der Waals surface area contributed by atoms with Crippen LogP contribution >= 0.6 is 11.6 Å². The molecule has 0 bridgehead atoms. The number of hydrogen-bond acceptors (Lipinski definition) is 3. The Morgan fingerprint density at radius 2 is 2.10 bits per heavy atom. The van der Waals surface area contributed by atoms with Gasteiger partial charge in [0.15, 0.2) is 0 Å². The van der Waals surface area contributed by atoms with Crippen molar-refractivity contribution in [3.8, 4) is 0 Å². The fourth-order valence-electron chi connectivity index (χ4n) is 2.51. The molecule has 116 valence electrons. The summed E-state index contributed by atoms with van der Waals surface area (Å²) >= 11 is 6.28. The molecule has 1 N–H and O–H groups in total. The fraction of sp³-hybridized carbons (Fsp3) is 0.562. The Bertz CT molecular complexity index is 440. The number of hydrogen-bond donors (Lipinski definition) is 1. The van der Waals surface area contributed by atoms with Gasteiger partial charge in [-0.25, -0.2) is 4.79 Å². The van der Waals surface area contributed by atoms with Gasteiger partial charge in [-0.2, -0.15) is 0 Å².